The molecule has 4 nitrogen and oxygen atoms in total. The number of hydrogen-bond acceptors (Lipinski definition) is 3. The highest BCUT2D eigenvalue weighted by molar-refractivity contribution is 5.75. The molecule has 1 rings (SSSR count). The minimum Gasteiger partial charge on any atom is -0.356 e. The molecule has 3 N–H and O–H groups in total. The van der Waals surface area contributed by atoms with Crippen LogP contribution in [0.1, 0.15) is 39.5 Å². The third-order valence-corrected chi connectivity index (χ3v) is 3.54. The Bertz CT molecular complexity index is 235. The van der Waals surface area contributed by atoms with Crippen molar-refractivity contribution in [2.45, 2.75) is 39.5 Å². The fraction of sp³-hybridized carbons (Fsp3) is 0.929. The molecule has 1 fully saturated rings. The monoisotopic (exact) mass is 255 g/mol. The van der Waals surface area contributed by atoms with Gasteiger partial charge in [-0.1, -0.05) is 13.8 Å². The standard InChI is InChI=1S/C14H29N3O/c1-12-9-13(2)11-17(10-12)8-4-3-7-16-14(18)5-6-15/h12-13H,3-11,15H2,1-2H3,(H,16,18). The van der Waals surface area contributed by atoms with Crippen LogP contribution in [-0.4, -0.2) is 43.5 Å². The van der Waals surface area contributed by atoms with Crippen molar-refractivity contribution < 1.29 is 4.79 Å². The Morgan fingerprint density at radius 3 is 2.56 bits per heavy atom. The van der Waals surface area contributed by atoms with Crippen LogP contribution in [0.15, 0.2) is 0 Å². The van der Waals surface area contributed by atoms with Crippen LogP contribution in [0.25, 0.3) is 0 Å². The van der Waals surface area contributed by atoms with Gasteiger partial charge in [0.2, 0.25) is 5.91 Å². The first-order valence-electron chi connectivity index (χ1n) is 7.31. The van der Waals surface area contributed by atoms with Gasteiger partial charge in [-0.25, -0.2) is 0 Å². The molecule has 2 unspecified atom stereocenters. The summed E-state index contributed by atoms with van der Waals surface area (Å²) in [6.07, 6.45) is 4.05. The minimum atomic E-state index is 0.0812. The number of nitrogens with one attached hydrogen (secondary N) is 1. The van der Waals surface area contributed by atoms with Gasteiger partial charge in [0.25, 0.3) is 0 Å². The van der Waals surface area contributed by atoms with Gasteiger partial charge in [0.1, 0.15) is 0 Å². The second kappa shape index (κ2) is 8.48. The maximum atomic E-state index is 11.2. The minimum absolute atomic E-state index is 0.0812. The lowest BCUT2D eigenvalue weighted by molar-refractivity contribution is -0.120. The Kier molecular flexibility index (Phi) is 7.28. The molecule has 2 atom stereocenters. The fourth-order valence-corrected chi connectivity index (χ4v) is 2.88. The summed E-state index contributed by atoms with van der Waals surface area (Å²) in [4.78, 5) is 13.8. The van der Waals surface area contributed by atoms with Crippen LogP contribution >= 0.6 is 0 Å². The molecule has 1 heterocycles. The van der Waals surface area contributed by atoms with E-state index in [0.29, 0.717) is 13.0 Å². The van der Waals surface area contributed by atoms with E-state index in [9.17, 15) is 4.79 Å². The molecule has 0 aromatic heterocycles. The Morgan fingerprint density at radius 1 is 1.28 bits per heavy atom. The van der Waals surface area contributed by atoms with E-state index >= 15 is 0 Å². The van der Waals surface area contributed by atoms with E-state index in [4.69, 9.17) is 5.73 Å². The number of hydrogen-bond donors (Lipinski definition) is 2. The van der Waals surface area contributed by atoms with Gasteiger partial charge < -0.3 is 16.0 Å². The lowest BCUT2D eigenvalue weighted by Crippen LogP contribution is -2.39. The lowest BCUT2D eigenvalue weighted by Gasteiger charge is -2.34. The first-order chi connectivity index (χ1) is 8.61. The van der Waals surface area contributed by atoms with Crippen LogP contribution in [-0.2, 0) is 4.79 Å². The van der Waals surface area contributed by atoms with E-state index in [0.717, 1.165) is 24.8 Å². The summed E-state index contributed by atoms with van der Waals surface area (Å²) in [6, 6.07) is 0. The summed E-state index contributed by atoms with van der Waals surface area (Å²) < 4.78 is 0. The molecule has 0 aromatic carbocycles. The van der Waals surface area contributed by atoms with Gasteiger partial charge in [0, 0.05) is 32.6 Å². The van der Waals surface area contributed by atoms with Crippen molar-refractivity contribution in [2.24, 2.45) is 17.6 Å². The van der Waals surface area contributed by atoms with Crippen LogP contribution in [0.5, 0.6) is 0 Å². The average molecular weight is 255 g/mol. The number of carbonyl (C=O) groups excluding carboxylic acids is 1. The van der Waals surface area contributed by atoms with Crippen LogP contribution < -0.4 is 11.1 Å². The van der Waals surface area contributed by atoms with Crippen molar-refractivity contribution in [3.8, 4) is 0 Å². The normalized spacial score (nSPS) is 25.1. The molecule has 1 amide bonds. The van der Waals surface area contributed by atoms with Gasteiger partial charge in [0.05, 0.1) is 0 Å². The maximum Gasteiger partial charge on any atom is 0.221 e. The highest BCUT2D eigenvalue weighted by Crippen LogP contribution is 2.20. The predicted octanol–water partition coefficient (Wildman–Crippen LogP) is 1.21. The zero-order chi connectivity index (χ0) is 13.4. The molecule has 4 heteroatoms. The third-order valence-electron chi connectivity index (χ3n) is 3.54. The average Bonchev–Trinajstić information content (AvgIpc) is 2.27. The summed E-state index contributed by atoms with van der Waals surface area (Å²) in [7, 11) is 0. The predicted molar refractivity (Wildman–Crippen MR) is 75.3 cm³/mol. The van der Waals surface area contributed by atoms with Crippen LogP contribution in [0, 0.1) is 11.8 Å². The van der Waals surface area contributed by atoms with Gasteiger partial charge in [0.15, 0.2) is 0 Å². The smallest absolute Gasteiger partial charge is 0.221 e. The highest BCUT2D eigenvalue weighted by atomic mass is 16.1. The Morgan fingerprint density at radius 2 is 1.94 bits per heavy atom. The quantitative estimate of drug-likeness (QED) is 0.672. The van der Waals surface area contributed by atoms with E-state index in [1.807, 2.05) is 0 Å². The summed E-state index contributed by atoms with van der Waals surface area (Å²) in [5.74, 6) is 1.74. The second-order valence-electron chi connectivity index (χ2n) is 5.80. The van der Waals surface area contributed by atoms with Crippen LogP contribution in [0.4, 0.5) is 0 Å². The molecule has 106 valence electrons. The first kappa shape index (κ1) is 15.4. The SMILES string of the molecule is CC1CC(C)CN(CCCCNC(=O)CCN)C1. The van der Waals surface area contributed by atoms with Gasteiger partial charge in [-0.2, -0.15) is 0 Å². The number of rotatable bonds is 7. The Hall–Kier alpha value is -0.610. The summed E-state index contributed by atoms with van der Waals surface area (Å²) in [5.41, 5.74) is 5.32. The van der Waals surface area contributed by atoms with E-state index in [-0.39, 0.29) is 5.91 Å². The van der Waals surface area contributed by atoms with Crippen LogP contribution in [0.2, 0.25) is 0 Å². The number of piperidine rings is 1. The summed E-state index contributed by atoms with van der Waals surface area (Å²) in [6.45, 7) is 9.56. The lowest BCUT2D eigenvalue weighted by atomic mass is 9.92. The topological polar surface area (TPSA) is 58.4 Å². The molecule has 1 aliphatic rings. The van der Waals surface area contributed by atoms with E-state index in [1.54, 1.807) is 0 Å². The maximum absolute atomic E-state index is 11.2. The van der Waals surface area contributed by atoms with Gasteiger partial charge >= 0.3 is 0 Å². The van der Waals surface area contributed by atoms with Crippen molar-refractivity contribution in [3.63, 3.8) is 0 Å². The fourth-order valence-electron chi connectivity index (χ4n) is 2.88. The molecule has 18 heavy (non-hydrogen) atoms. The zero-order valence-corrected chi connectivity index (χ0v) is 12.0. The Balaban J connectivity index is 2.02. The van der Waals surface area contributed by atoms with Gasteiger partial charge in [-0.15, -0.1) is 0 Å². The van der Waals surface area contributed by atoms with E-state index in [2.05, 4.69) is 24.1 Å². The number of nitrogens with two attached hydrogens (primary N) is 1. The number of amides is 1. The summed E-state index contributed by atoms with van der Waals surface area (Å²) >= 11 is 0. The molecular formula is C14H29N3O. The first-order valence-corrected chi connectivity index (χ1v) is 7.31. The second-order valence-corrected chi connectivity index (χ2v) is 5.80. The molecule has 0 spiro atoms. The molecule has 0 aromatic rings. The number of unbranched alkanes of at least 4 members (excludes halogenated alkanes) is 1. The van der Waals surface area contributed by atoms with E-state index < -0.39 is 0 Å². The third kappa shape index (κ3) is 6.36. The van der Waals surface area contributed by atoms with Gasteiger partial charge in [-0.05, 0) is 37.6 Å². The molecular weight excluding hydrogens is 226 g/mol. The molecule has 0 aliphatic carbocycles. The summed E-state index contributed by atoms with van der Waals surface area (Å²) in [5, 5.41) is 2.90. The number of likely N-dealkylation sites (tertiary alicyclic amines) is 1. The van der Waals surface area contributed by atoms with E-state index in [1.165, 1.54) is 32.5 Å². The molecule has 1 saturated heterocycles. The number of carbonyl (C=O) groups is 1. The molecule has 0 bridgehead atoms. The molecule has 1 aliphatic heterocycles. The highest BCUT2D eigenvalue weighted by Gasteiger charge is 2.20. The Labute approximate surface area is 111 Å². The number of nitrogens with zero attached hydrogens (tertiary/aromatic N) is 1. The van der Waals surface area contributed by atoms with Crippen molar-refractivity contribution in [1.82, 2.24) is 10.2 Å². The van der Waals surface area contributed by atoms with Crippen molar-refractivity contribution >= 4 is 5.91 Å². The van der Waals surface area contributed by atoms with Crippen molar-refractivity contribution in [2.75, 3.05) is 32.7 Å². The molecule has 0 radical (unpaired) electrons. The molecule has 0 saturated carbocycles. The van der Waals surface area contributed by atoms with Gasteiger partial charge in [-0.3, -0.25) is 4.79 Å². The van der Waals surface area contributed by atoms with Crippen molar-refractivity contribution in [3.05, 3.63) is 0 Å². The largest absolute Gasteiger partial charge is 0.356 e. The van der Waals surface area contributed by atoms with Crippen molar-refractivity contribution in [1.29, 1.82) is 0 Å². The zero-order valence-electron chi connectivity index (χ0n) is 12.0. The van der Waals surface area contributed by atoms with Crippen LogP contribution in [0.3, 0.4) is 0 Å².